The molecule has 1 aliphatic carbocycles. The summed E-state index contributed by atoms with van der Waals surface area (Å²) in [6, 6.07) is 9.03. The monoisotopic (exact) mass is 500 g/mol. The Balaban J connectivity index is 1.41. The number of aromatic nitrogens is 1. The highest BCUT2D eigenvalue weighted by Crippen LogP contribution is 2.43. The third kappa shape index (κ3) is 5.01. The van der Waals surface area contributed by atoms with E-state index in [1.54, 1.807) is 18.3 Å². The van der Waals surface area contributed by atoms with Crippen molar-refractivity contribution in [2.45, 2.75) is 47.5 Å². The van der Waals surface area contributed by atoms with Crippen molar-refractivity contribution in [3.63, 3.8) is 0 Å². The van der Waals surface area contributed by atoms with E-state index in [1.165, 1.54) is 30.5 Å². The molecule has 4 rings (SSSR count). The highest BCUT2D eigenvalue weighted by atomic mass is 35.5. The molecule has 33 heavy (non-hydrogen) atoms. The van der Waals surface area contributed by atoms with E-state index in [0.717, 1.165) is 5.39 Å². The highest BCUT2D eigenvalue weighted by molar-refractivity contribution is 7.92. The number of amides is 1. The number of benzene rings is 1. The van der Waals surface area contributed by atoms with Crippen LogP contribution in [-0.2, 0) is 16.4 Å². The first-order valence-corrected chi connectivity index (χ1v) is 12.2. The van der Waals surface area contributed by atoms with Gasteiger partial charge in [0.2, 0.25) is 0 Å². The molecular formula is C22H20ClF3N2O4S. The van der Waals surface area contributed by atoms with E-state index in [2.05, 4.69) is 10.3 Å². The van der Waals surface area contributed by atoms with Crippen LogP contribution in [0.5, 0.6) is 0 Å². The normalized spacial score (nSPS) is 21.8. The summed E-state index contributed by atoms with van der Waals surface area (Å²) in [5, 5.41) is 1.15. The van der Waals surface area contributed by atoms with Gasteiger partial charge in [0.1, 0.15) is 0 Å². The van der Waals surface area contributed by atoms with E-state index in [9.17, 15) is 26.4 Å². The Labute approximate surface area is 193 Å². The van der Waals surface area contributed by atoms with Crippen molar-refractivity contribution in [1.82, 2.24) is 10.3 Å². The molecule has 1 N–H and O–H groups in total. The molecule has 0 aliphatic heterocycles. The van der Waals surface area contributed by atoms with Crippen LogP contribution in [-0.4, -0.2) is 36.1 Å². The molecule has 0 radical (unpaired) electrons. The predicted octanol–water partition coefficient (Wildman–Crippen LogP) is 4.87. The molecule has 0 saturated heterocycles. The van der Waals surface area contributed by atoms with Crippen LogP contribution < -0.4 is 5.32 Å². The standard InChI is InChI=1S/C22H20ClF3N2O4S/c23-18-6-5-16(10-17(18)22(24,25)26)33(30,31)15-3-1-13(2-4-15)11-28-21(29)19-9-14-7-8-27-12-20(14)32-19/h1-4,7-9,12,16-18H,5-6,10-11H2,(H,28,29). The second-order valence-corrected chi connectivity index (χ2v) is 10.8. The van der Waals surface area contributed by atoms with Gasteiger partial charge in [-0.2, -0.15) is 13.2 Å². The van der Waals surface area contributed by atoms with Gasteiger partial charge in [-0.05, 0) is 49.1 Å². The third-order valence-electron chi connectivity index (χ3n) is 5.83. The summed E-state index contributed by atoms with van der Waals surface area (Å²) in [6.07, 6.45) is -1.95. The predicted molar refractivity (Wildman–Crippen MR) is 116 cm³/mol. The molecule has 0 spiro atoms. The Hall–Kier alpha value is -2.59. The molecule has 1 aromatic carbocycles. The second kappa shape index (κ2) is 8.98. The van der Waals surface area contributed by atoms with Crippen molar-refractivity contribution in [2.24, 2.45) is 5.92 Å². The molecule has 6 nitrogen and oxygen atoms in total. The van der Waals surface area contributed by atoms with Crippen LogP contribution in [0.3, 0.4) is 0 Å². The lowest BCUT2D eigenvalue weighted by atomic mass is 9.88. The van der Waals surface area contributed by atoms with Crippen molar-refractivity contribution in [2.75, 3.05) is 0 Å². The van der Waals surface area contributed by atoms with Gasteiger partial charge in [0.05, 0.1) is 22.3 Å². The Morgan fingerprint density at radius 1 is 1.18 bits per heavy atom. The molecule has 11 heteroatoms. The highest BCUT2D eigenvalue weighted by Gasteiger charge is 2.49. The number of furan rings is 1. The average Bonchev–Trinajstić information content (AvgIpc) is 3.21. The average molecular weight is 501 g/mol. The van der Waals surface area contributed by atoms with Crippen molar-refractivity contribution < 1.29 is 30.8 Å². The summed E-state index contributed by atoms with van der Waals surface area (Å²) in [5.74, 6) is -2.18. The number of nitrogens with zero attached hydrogens (tertiary/aromatic N) is 1. The fraction of sp³-hybridized carbons (Fsp3) is 0.364. The van der Waals surface area contributed by atoms with E-state index in [1.807, 2.05) is 0 Å². The number of pyridine rings is 1. The number of hydrogen-bond acceptors (Lipinski definition) is 5. The zero-order valence-corrected chi connectivity index (χ0v) is 18.8. The van der Waals surface area contributed by atoms with Gasteiger partial charge in [-0.25, -0.2) is 8.42 Å². The van der Waals surface area contributed by atoms with Gasteiger partial charge >= 0.3 is 6.18 Å². The quantitative estimate of drug-likeness (QED) is 0.505. The van der Waals surface area contributed by atoms with Crippen molar-refractivity contribution in [3.05, 3.63) is 60.1 Å². The summed E-state index contributed by atoms with van der Waals surface area (Å²) >= 11 is 5.82. The maximum absolute atomic E-state index is 13.2. The van der Waals surface area contributed by atoms with Crippen molar-refractivity contribution in [3.8, 4) is 0 Å². The molecular weight excluding hydrogens is 481 g/mol. The lowest BCUT2D eigenvalue weighted by Gasteiger charge is -2.33. The van der Waals surface area contributed by atoms with Crippen LogP contribution in [0.15, 0.2) is 58.1 Å². The lowest BCUT2D eigenvalue weighted by Crippen LogP contribution is -2.41. The molecule has 3 atom stereocenters. The minimum atomic E-state index is -4.54. The Morgan fingerprint density at radius 3 is 2.58 bits per heavy atom. The summed E-state index contributed by atoms with van der Waals surface area (Å²) < 4.78 is 70.9. The topological polar surface area (TPSA) is 89.3 Å². The number of fused-ring (bicyclic) bond motifs is 1. The zero-order valence-electron chi connectivity index (χ0n) is 17.2. The van der Waals surface area contributed by atoms with Crippen LogP contribution in [0.2, 0.25) is 0 Å². The number of rotatable bonds is 5. The Kier molecular flexibility index (Phi) is 6.41. The number of alkyl halides is 4. The van der Waals surface area contributed by atoms with Crippen LogP contribution in [0.4, 0.5) is 13.2 Å². The van der Waals surface area contributed by atoms with Gasteiger partial charge in [0.25, 0.3) is 5.91 Å². The number of sulfone groups is 1. The molecule has 1 fully saturated rings. The third-order valence-corrected chi connectivity index (χ3v) is 8.59. The fourth-order valence-corrected chi connectivity index (χ4v) is 6.15. The zero-order chi connectivity index (χ0) is 23.8. The Bertz CT molecular complexity index is 1230. The van der Waals surface area contributed by atoms with Gasteiger partial charge < -0.3 is 9.73 Å². The molecule has 2 aromatic heterocycles. The maximum Gasteiger partial charge on any atom is 0.393 e. The number of halogens is 4. The van der Waals surface area contributed by atoms with Crippen molar-refractivity contribution >= 4 is 38.3 Å². The van der Waals surface area contributed by atoms with Crippen LogP contribution in [0, 0.1) is 5.92 Å². The van der Waals surface area contributed by atoms with E-state index < -0.39 is 44.9 Å². The van der Waals surface area contributed by atoms with E-state index >= 15 is 0 Å². The van der Waals surface area contributed by atoms with Gasteiger partial charge in [0.15, 0.2) is 21.2 Å². The summed E-state index contributed by atoms with van der Waals surface area (Å²) in [7, 11) is -3.95. The van der Waals surface area contributed by atoms with Crippen molar-refractivity contribution in [1.29, 1.82) is 0 Å². The minimum absolute atomic E-state index is 0.0163. The molecule has 176 valence electrons. The molecule has 1 saturated carbocycles. The first-order chi connectivity index (χ1) is 15.6. The largest absolute Gasteiger partial charge is 0.449 e. The molecule has 1 amide bonds. The first kappa shape index (κ1) is 23.6. The molecule has 1 aliphatic rings. The summed E-state index contributed by atoms with van der Waals surface area (Å²) in [4.78, 5) is 16.2. The van der Waals surface area contributed by atoms with E-state index in [0.29, 0.717) is 11.1 Å². The SMILES string of the molecule is O=C(NCc1ccc(S(=O)(=O)C2CCC(Cl)C(C(F)(F)F)C2)cc1)c1cc2ccncc2o1. The molecule has 2 heterocycles. The summed E-state index contributed by atoms with van der Waals surface area (Å²) in [6.45, 7) is 0.113. The van der Waals surface area contributed by atoms with Gasteiger partial charge in [-0.1, -0.05) is 12.1 Å². The van der Waals surface area contributed by atoms with Crippen LogP contribution in [0.1, 0.15) is 35.4 Å². The van der Waals surface area contributed by atoms with E-state index in [4.69, 9.17) is 16.0 Å². The van der Waals surface area contributed by atoms with E-state index in [-0.39, 0.29) is 30.0 Å². The van der Waals surface area contributed by atoms with Crippen LogP contribution >= 0.6 is 11.6 Å². The summed E-state index contributed by atoms with van der Waals surface area (Å²) in [5.41, 5.74) is 1.10. The number of carbonyl (C=O) groups is 1. The first-order valence-electron chi connectivity index (χ1n) is 10.2. The van der Waals surface area contributed by atoms with Gasteiger partial charge in [-0.15, -0.1) is 11.6 Å². The van der Waals surface area contributed by atoms with Gasteiger partial charge in [0, 0.05) is 23.5 Å². The molecule has 3 aromatic rings. The number of hydrogen-bond donors (Lipinski definition) is 1. The smallest absolute Gasteiger partial charge is 0.393 e. The van der Waals surface area contributed by atoms with Crippen LogP contribution in [0.25, 0.3) is 11.0 Å². The maximum atomic E-state index is 13.2. The lowest BCUT2D eigenvalue weighted by molar-refractivity contribution is -0.179. The molecule has 3 unspecified atom stereocenters. The molecule has 0 bridgehead atoms. The fourth-order valence-electron chi connectivity index (χ4n) is 3.97. The minimum Gasteiger partial charge on any atom is -0.449 e. The number of nitrogens with one attached hydrogen (secondary N) is 1. The van der Waals surface area contributed by atoms with Gasteiger partial charge in [-0.3, -0.25) is 9.78 Å². The Morgan fingerprint density at radius 2 is 1.91 bits per heavy atom. The number of carbonyl (C=O) groups excluding carboxylic acids is 1. The second-order valence-electron chi connectivity index (χ2n) is 7.99.